The van der Waals surface area contributed by atoms with Crippen LogP contribution in [-0.2, 0) is 6.54 Å². The van der Waals surface area contributed by atoms with E-state index in [0.717, 1.165) is 32.6 Å². The molecular formula is C16H30N4. The summed E-state index contributed by atoms with van der Waals surface area (Å²) in [4.78, 5) is 2.47. The highest BCUT2D eigenvalue weighted by molar-refractivity contribution is 5.00. The van der Waals surface area contributed by atoms with Gasteiger partial charge in [0.05, 0.1) is 11.7 Å². The lowest BCUT2D eigenvalue weighted by atomic mass is 9.96. The smallest absolute Gasteiger partial charge is 0.0764 e. The first-order chi connectivity index (χ1) is 9.83. The fourth-order valence-electron chi connectivity index (χ4n) is 3.14. The zero-order valence-corrected chi connectivity index (χ0v) is 12.9. The Hall–Kier alpha value is -0.870. The Morgan fingerprint density at radius 2 is 2.10 bits per heavy atom. The number of hydrogen-bond donors (Lipinski definition) is 1. The predicted molar refractivity (Wildman–Crippen MR) is 83.6 cm³/mol. The van der Waals surface area contributed by atoms with Crippen molar-refractivity contribution in [3.63, 3.8) is 0 Å². The first-order valence-electron chi connectivity index (χ1n) is 8.30. The van der Waals surface area contributed by atoms with Gasteiger partial charge in [-0.15, -0.1) is 0 Å². The SMILES string of the molecule is CCCN(CCCN)Cc1ccn(C2CCCCC2)n1. The van der Waals surface area contributed by atoms with E-state index in [1.54, 1.807) is 0 Å². The average molecular weight is 278 g/mol. The van der Waals surface area contributed by atoms with E-state index >= 15 is 0 Å². The minimum atomic E-state index is 0.640. The van der Waals surface area contributed by atoms with Crippen LogP contribution in [0.25, 0.3) is 0 Å². The molecule has 1 aromatic rings. The van der Waals surface area contributed by atoms with Crippen LogP contribution < -0.4 is 5.73 Å². The Kier molecular flexibility index (Phi) is 6.54. The minimum Gasteiger partial charge on any atom is -0.330 e. The van der Waals surface area contributed by atoms with Gasteiger partial charge in [-0.2, -0.15) is 5.10 Å². The van der Waals surface area contributed by atoms with E-state index in [0.29, 0.717) is 6.04 Å². The number of nitrogens with zero attached hydrogens (tertiary/aromatic N) is 3. The Morgan fingerprint density at radius 3 is 2.80 bits per heavy atom. The van der Waals surface area contributed by atoms with Gasteiger partial charge in [-0.3, -0.25) is 9.58 Å². The van der Waals surface area contributed by atoms with Crippen molar-refractivity contribution in [1.29, 1.82) is 0 Å². The molecule has 1 heterocycles. The van der Waals surface area contributed by atoms with Crippen molar-refractivity contribution in [2.75, 3.05) is 19.6 Å². The summed E-state index contributed by atoms with van der Waals surface area (Å²) in [5, 5.41) is 4.81. The average Bonchev–Trinajstić information content (AvgIpc) is 2.94. The van der Waals surface area contributed by atoms with Crippen LogP contribution in [-0.4, -0.2) is 34.3 Å². The topological polar surface area (TPSA) is 47.1 Å². The van der Waals surface area contributed by atoms with Crippen molar-refractivity contribution in [1.82, 2.24) is 14.7 Å². The van der Waals surface area contributed by atoms with Crippen LogP contribution in [0, 0.1) is 0 Å². The van der Waals surface area contributed by atoms with Gasteiger partial charge in [-0.05, 0) is 51.4 Å². The predicted octanol–water partition coefficient (Wildman–Crippen LogP) is 2.95. The van der Waals surface area contributed by atoms with Gasteiger partial charge in [-0.1, -0.05) is 26.2 Å². The van der Waals surface area contributed by atoms with Crippen LogP contribution in [0.4, 0.5) is 0 Å². The normalized spacial score (nSPS) is 16.9. The molecule has 0 unspecified atom stereocenters. The molecule has 0 aliphatic heterocycles. The Balaban J connectivity index is 1.89. The number of rotatable bonds is 8. The molecule has 4 heteroatoms. The van der Waals surface area contributed by atoms with Gasteiger partial charge in [0.25, 0.3) is 0 Å². The molecule has 0 aromatic carbocycles. The first kappa shape index (κ1) is 15.5. The summed E-state index contributed by atoms with van der Waals surface area (Å²) in [7, 11) is 0. The molecule has 0 spiro atoms. The Bertz CT molecular complexity index is 368. The maximum Gasteiger partial charge on any atom is 0.0764 e. The van der Waals surface area contributed by atoms with Crippen molar-refractivity contribution >= 4 is 0 Å². The largest absolute Gasteiger partial charge is 0.330 e. The number of hydrogen-bond acceptors (Lipinski definition) is 3. The lowest BCUT2D eigenvalue weighted by Gasteiger charge is -2.22. The monoisotopic (exact) mass is 278 g/mol. The molecule has 114 valence electrons. The molecule has 1 aliphatic rings. The quantitative estimate of drug-likeness (QED) is 0.795. The van der Waals surface area contributed by atoms with Gasteiger partial charge in [-0.25, -0.2) is 0 Å². The third-order valence-electron chi connectivity index (χ3n) is 4.22. The van der Waals surface area contributed by atoms with Gasteiger partial charge in [0.1, 0.15) is 0 Å². The zero-order chi connectivity index (χ0) is 14.2. The van der Waals surface area contributed by atoms with E-state index in [4.69, 9.17) is 10.8 Å². The molecule has 0 radical (unpaired) electrons. The minimum absolute atomic E-state index is 0.640. The second-order valence-corrected chi connectivity index (χ2v) is 6.00. The molecule has 20 heavy (non-hydrogen) atoms. The molecule has 2 rings (SSSR count). The molecule has 1 fully saturated rings. The van der Waals surface area contributed by atoms with Crippen LogP contribution >= 0.6 is 0 Å². The fourth-order valence-corrected chi connectivity index (χ4v) is 3.14. The van der Waals surface area contributed by atoms with Crippen LogP contribution in [0.1, 0.15) is 63.6 Å². The van der Waals surface area contributed by atoms with Gasteiger partial charge in [0.2, 0.25) is 0 Å². The highest BCUT2D eigenvalue weighted by Crippen LogP contribution is 2.27. The molecule has 0 amide bonds. The van der Waals surface area contributed by atoms with Crippen LogP contribution in [0.15, 0.2) is 12.3 Å². The molecule has 0 bridgehead atoms. The fraction of sp³-hybridized carbons (Fsp3) is 0.812. The van der Waals surface area contributed by atoms with E-state index in [-0.39, 0.29) is 0 Å². The lowest BCUT2D eigenvalue weighted by Crippen LogP contribution is -2.27. The Morgan fingerprint density at radius 1 is 1.30 bits per heavy atom. The number of nitrogens with two attached hydrogens (primary N) is 1. The highest BCUT2D eigenvalue weighted by Gasteiger charge is 2.16. The van der Waals surface area contributed by atoms with Gasteiger partial charge >= 0.3 is 0 Å². The van der Waals surface area contributed by atoms with Crippen molar-refractivity contribution in [3.8, 4) is 0 Å². The molecule has 1 saturated carbocycles. The van der Waals surface area contributed by atoms with Gasteiger partial charge in [0.15, 0.2) is 0 Å². The van der Waals surface area contributed by atoms with Crippen molar-refractivity contribution in [2.24, 2.45) is 5.73 Å². The molecule has 0 atom stereocenters. The van der Waals surface area contributed by atoms with Crippen molar-refractivity contribution in [2.45, 2.75) is 64.5 Å². The molecule has 1 aromatic heterocycles. The number of aromatic nitrogens is 2. The summed E-state index contributed by atoms with van der Waals surface area (Å²) >= 11 is 0. The van der Waals surface area contributed by atoms with E-state index in [1.807, 2.05) is 0 Å². The molecule has 1 aliphatic carbocycles. The summed E-state index contributed by atoms with van der Waals surface area (Å²) in [6, 6.07) is 2.83. The summed E-state index contributed by atoms with van der Waals surface area (Å²) in [5.41, 5.74) is 6.83. The maximum absolute atomic E-state index is 5.62. The summed E-state index contributed by atoms with van der Waals surface area (Å²) in [6.45, 7) is 6.19. The van der Waals surface area contributed by atoms with Crippen molar-refractivity contribution in [3.05, 3.63) is 18.0 Å². The van der Waals surface area contributed by atoms with E-state index in [1.165, 1.54) is 44.2 Å². The highest BCUT2D eigenvalue weighted by atomic mass is 15.3. The van der Waals surface area contributed by atoms with E-state index < -0.39 is 0 Å². The summed E-state index contributed by atoms with van der Waals surface area (Å²) in [5.74, 6) is 0. The second kappa shape index (κ2) is 8.42. The van der Waals surface area contributed by atoms with Crippen LogP contribution in [0.2, 0.25) is 0 Å². The Labute approximate surface area is 123 Å². The van der Waals surface area contributed by atoms with E-state index in [2.05, 4.69) is 28.8 Å². The molecule has 0 saturated heterocycles. The van der Waals surface area contributed by atoms with Crippen LogP contribution in [0.5, 0.6) is 0 Å². The summed E-state index contributed by atoms with van der Waals surface area (Å²) in [6.07, 6.45) is 11.2. The standard InChI is InChI=1S/C16H30N4/c1-2-11-19(12-6-10-17)14-15-9-13-20(18-15)16-7-4-3-5-8-16/h9,13,16H,2-8,10-12,14,17H2,1H3. The van der Waals surface area contributed by atoms with Crippen molar-refractivity contribution < 1.29 is 0 Å². The second-order valence-electron chi connectivity index (χ2n) is 6.00. The first-order valence-corrected chi connectivity index (χ1v) is 8.30. The lowest BCUT2D eigenvalue weighted by molar-refractivity contribution is 0.257. The van der Waals surface area contributed by atoms with Gasteiger partial charge < -0.3 is 5.73 Å². The maximum atomic E-state index is 5.62. The molecule has 2 N–H and O–H groups in total. The third kappa shape index (κ3) is 4.60. The third-order valence-corrected chi connectivity index (χ3v) is 4.22. The van der Waals surface area contributed by atoms with Crippen LogP contribution in [0.3, 0.4) is 0 Å². The van der Waals surface area contributed by atoms with Gasteiger partial charge in [0, 0.05) is 12.7 Å². The summed E-state index contributed by atoms with van der Waals surface area (Å²) < 4.78 is 2.21. The zero-order valence-electron chi connectivity index (χ0n) is 12.9. The molecule has 4 nitrogen and oxygen atoms in total. The molecular weight excluding hydrogens is 248 g/mol. The van der Waals surface area contributed by atoms with E-state index in [9.17, 15) is 0 Å².